The number of hydroxylamine groups is 2. The quantitative estimate of drug-likeness (QED) is 0.216. The third-order valence-electron chi connectivity index (χ3n) is 3.89. The third kappa shape index (κ3) is 4.78. The maximum absolute atomic E-state index is 12.7. The van der Waals surface area contributed by atoms with Crippen LogP contribution in [-0.2, 0) is 28.9 Å². The monoisotopic (exact) mass is 429 g/mol. The predicted molar refractivity (Wildman–Crippen MR) is 97.7 cm³/mol. The summed E-state index contributed by atoms with van der Waals surface area (Å²) in [5.41, 5.74) is 4.14. The Labute approximate surface area is 168 Å². The van der Waals surface area contributed by atoms with Crippen molar-refractivity contribution in [2.45, 2.75) is 38.5 Å². The van der Waals surface area contributed by atoms with Gasteiger partial charge in [0.25, 0.3) is 11.8 Å². The zero-order valence-corrected chi connectivity index (χ0v) is 16.4. The maximum atomic E-state index is 12.7. The fourth-order valence-corrected chi connectivity index (χ4v) is 2.88. The van der Waals surface area contributed by atoms with E-state index in [1.165, 1.54) is 12.3 Å². The van der Waals surface area contributed by atoms with Crippen LogP contribution in [0.15, 0.2) is 10.5 Å². The van der Waals surface area contributed by atoms with Gasteiger partial charge in [0, 0.05) is 5.38 Å². The van der Waals surface area contributed by atoms with Crippen molar-refractivity contribution in [1.82, 2.24) is 15.4 Å². The number of β-lactam (4-membered cyclic amide) rings is 1. The van der Waals surface area contributed by atoms with Crippen LogP contribution >= 0.6 is 11.3 Å². The Balaban J connectivity index is 2.15. The summed E-state index contributed by atoms with van der Waals surface area (Å²) >= 11 is 1.02. The molecule has 14 heteroatoms. The molecule has 1 aliphatic rings. The van der Waals surface area contributed by atoms with Crippen LogP contribution in [0.2, 0.25) is 0 Å². The van der Waals surface area contributed by atoms with Crippen LogP contribution in [0.4, 0.5) is 5.13 Å². The summed E-state index contributed by atoms with van der Waals surface area (Å²) in [6.07, 6.45) is -1.27. The second-order valence-corrected chi connectivity index (χ2v) is 7.35. The lowest BCUT2D eigenvalue weighted by Crippen LogP contribution is -2.77. The Bertz CT molecular complexity index is 867. The first kappa shape index (κ1) is 22.0. The molecule has 1 aromatic heterocycles. The number of carboxylic acid groups (broad SMARTS) is 2. The molecule has 0 bridgehead atoms. The summed E-state index contributed by atoms with van der Waals surface area (Å²) in [5.74, 6) is -4.09. The van der Waals surface area contributed by atoms with Crippen LogP contribution in [0, 0.1) is 0 Å². The van der Waals surface area contributed by atoms with Gasteiger partial charge < -0.3 is 26.1 Å². The second-order valence-electron chi connectivity index (χ2n) is 6.46. The van der Waals surface area contributed by atoms with E-state index < -0.39 is 48.0 Å². The Morgan fingerprint density at radius 3 is 2.59 bits per heavy atom. The standard InChI is InChI=1S/C15H19N5O8S/c1-6(13(25)26)28-20-12(24)10(15(20,2)3)18-11(23)9(19-27-4-8(21)22)7-5-29-14(16)17-7/h5-6,10H,4H2,1-3H3,(H2,16,17)(H,18,23)(H,21,22)(H,25,26)/b19-9-/t6?,10-/m1/s1. The Hall–Kier alpha value is -3.26. The molecule has 0 spiro atoms. The van der Waals surface area contributed by atoms with Crippen molar-refractivity contribution in [3.05, 3.63) is 11.1 Å². The topological polar surface area (TPSA) is 194 Å². The molecule has 0 radical (unpaired) electrons. The summed E-state index contributed by atoms with van der Waals surface area (Å²) in [4.78, 5) is 60.2. The fraction of sp³-hybridized carbons (Fsp3) is 0.467. The molecule has 0 aromatic carbocycles. The van der Waals surface area contributed by atoms with E-state index in [0.717, 1.165) is 16.4 Å². The van der Waals surface area contributed by atoms with Crippen LogP contribution in [0.3, 0.4) is 0 Å². The molecule has 13 nitrogen and oxygen atoms in total. The summed E-state index contributed by atoms with van der Waals surface area (Å²) in [6.45, 7) is 3.59. The van der Waals surface area contributed by atoms with Crippen molar-refractivity contribution < 1.29 is 39.1 Å². The molecular weight excluding hydrogens is 410 g/mol. The van der Waals surface area contributed by atoms with E-state index in [1.54, 1.807) is 13.8 Å². The molecule has 0 aliphatic carbocycles. The zero-order chi connectivity index (χ0) is 21.9. The minimum Gasteiger partial charge on any atom is -0.479 e. The number of thiazole rings is 1. The number of carbonyl (C=O) groups is 4. The average molecular weight is 429 g/mol. The molecule has 1 saturated heterocycles. The second kappa shape index (κ2) is 8.40. The first-order chi connectivity index (χ1) is 13.4. The highest BCUT2D eigenvalue weighted by molar-refractivity contribution is 7.13. The van der Waals surface area contributed by atoms with Gasteiger partial charge in [-0.25, -0.2) is 19.6 Å². The lowest BCUT2D eigenvalue weighted by Gasteiger charge is -2.52. The molecule has 2 atom stereocenters. The van der Waals surface area contributed by atoms with Crippen LogP contribution in [0.1, 0.15) is 26.5 Å². The van der Waals surface area contributed by atoms with Gasteiger partial charge in [0.2, 0.25) is 6.61 Å². The number of nitrogens with one attached hydrogen (secondary N) is 1. The zero-order valence-electron chi connectivity index (χ0n) is 15.6. The minimum atomic E-state index is -1.30. The number of aliphatic carboxylic acids is 2. The molecule has 29 heavy (non-hydrogen) atoms. The molecule has 1 fully saturated rings. The Kier molecular flexibility index (Phi) is 6.38. The van der Waals surface area contributed by atoms with E-state index in [4.69, 9.17) is 20.8 Å². The number of anilines is 1. The Morgan fingerprint density at radius 2 is 2.10 bits per heavy atom. The van der Waals surface area contributed by atoms with Crippen molar-refractivity contribution in [3.8, 4) is 0 Å². The van der Waals surface area contributed by atoms with E-state index in [2.05, 4.69) is 20.3 Å². The van der Waals surface area contributed by atoms with E-state index >= 15 is 0 Å². The van der Waals surface area contributed by atoms with Crippen LogP contribution < -0.4 is 11.1 Å². The number of rotatable bonds is 9. The van der Waals surface area contributed by atoms with Gasteiger partial charge in [0.15, 0.2) is 16.9 Å². The van der Waals surface area contributed by atoms with Gasteiger partial charge in [-0.2, -0.15) is 0 Å². The number of carboxylic acids is 2. The number of aromatic nitrogens is 1. The number of oxime groups is 1. The van der Waals surface area contributed by atoms with Gasteiger partial charge in [-0.05, 0) is 20.8 Å². The number of amides is 2. The number of hydrogen-bond donors (Lipinski definition) is 4. The predicted octanol–water partition coefficient (Wildman–Crippen LogP) is -0.959. The lowest BCUT2D eigenvalue weighted by molar-refractivity contribution is -0.273. The molecule has 1 unspecified atom stereocenters. The highest BCUT2D eigenvalue weighted by atomic mass is 32.1. The third-order valence-corrected chi connectivity index (χ3v) is 4.56. The molecule has 2 heterocycles. The maximum Gasteiger partial charge on any atom is 0.344 e. The van der Waals surface area contributed by atoms with Gasteiger partial charge in [0.1, 0.15) is 11.7 Å². The van der Waals surface area contributed by atoms with Gasteiger partial charge in [0.05, 0.1) is 5.54 Å². The highest BCUT2D eigenvalue weighted by Gasteiger charge is 2.57. The molecular formula is C15H19N5O8S. The number of nitrogens with zero attached hydrogens (tertiary/aromatic N) is 3. The number of nitrogen functional groups attached to an aromatic ring is 1. The van der Waals surface area contributed by atoms with E-state index in [9.17, 15) is 19.2 Å². The number of carbonyl (C=O) groups excluding carboxylic acids is 2. The minimum absolute atomic E-state index is 0.0348. The van der Waals surface area contributed by atoms with Gasteiger partial charge >= 0.3 is 11.9 Å². The van der Waals surface area contributed by atoms with Gasteiger partial charge in [-0.15, -0.1) is 11.3 Å². The smallest absolute Gasteiger partial charge is 0.344 e. The molecule has 2 amide bonds. The molecule has 1 aromatic rings. The number of hydrogen-bond acceptors (Lipinski definition) is 10. The molecule has 5 N–H and O–H groups in total. The molecule has 0 saturated carbocycles. The van der Waals surface area contributed by atoms with Crippen molar-refractivity contribution >= 4 is 45.9 Å². The first-order valence-corrected chi connectivity index (χ1v) is 9.00. The SMILES string of the molecule is CC(ON1C(=O)[C@@H](NC(=O)/C(=N\OCC(=O)O)c2csc(N)n2)C1(C)C)C(=O)O. The van der Waals surface area contributed by atoms with Crippen molar-refractivity contribution in [1.29, 1.82) is 0 Å². The van der Waals surface area contributed by atoms with E-state index in [-0.39, 0.29) is 16.5 Å². The lowest BCUT2D eigenvalue weighted by atomic mass is 9.84. The normalized spacial score (nSPS) is 19.3. The summed E-state index contributed by atoms with van der Waals surface area (Å²) < 4.78 is 0. The van der Waals surface area contributed by atoms with Gasteiger partial charge in [-0.1, -0.05) is 5.16 Å². The number of nitrogens with two attached hydrogens (primary N) is 1. The summed E-state index contributed by atoms with van der Waals surface area (Å²) in [6, 6.07) is -1.06. The van der Waals surface area contributed by atoms with Crippen LogP contribution in [0.5, 0.6) is 0 Å². The fourth-order valence-electron chi connectivity index (χ4n) is 2.34. The first-order valence-electron chi connectivity index (χ1n) is 8.12. The Morgan fingerprint density at radius 1 is 1.45 bits per heavy atom. The van der Waals surface area contributed by atoms with Crippen molar-refractivity contribution in [3.63, 3.8) is 0 Å². The van der Waals surface area contributed by atoms with Crippen molar-refractivity contribution in [2.24, 2.45) is 5.16 Å². The molecule has 1 aliphatic heterocycles. The summed E-state index contributed by atoms with van der Waals surface area (Å²) in [7, 11) is 0. The van der Waals surface area contributed by atoms with Crippen molar-refractivity contribution in [2.75, 3.05) is 12.3 Å². The summed E-state index contributed by atoms with van der Waals surface area (Å²) in [5, 5.41) is 25.9. The largest absolute Gasteiger partial charge is 0.479 e. The molecule has 158 valence electrons. The average Bonchev–Trinajstić information content (AvgIpc) is 3.05. The van der Waals surface area contributed by atoms with Crippen LogP contribution in [0.25, 0.3) is 0 Å². The van der Waals surface area contributed by atoms with E-state index in [0.29, 0.717) is 0 Å². The highest BCUT2D eigenvalue weighted by Crippen LogP contribution is 2.32. The molecule has 2 rings (SSSR count). The van der Waals surface area contributed by atoms with Crippen LogP contribution in [-0.4, -0.2) is 74.0 Å². The van der Waals surface area contributed by atoms with Gasteiger partial charge in [-0.3, -0.25) is 14.4 Å². The van der Waals surface area contributed by atoms with E-state index in [1.807, 2.05) is 0 Å².